The zero-order valence-corrected chi connectivity index (χ0v) is 10.8. The molecule has 0 saturated carbocycles. The summed E-state index contributed by atoms with van der Waals surface area (Å²) in [6.45, 7) is 2.90. The molecule has 0 aliphatic rings. The molecule has 0 aliphatic heterocycles. The van der Waals surface area contributed by atoms with Gasteiger partial charge in [0.05, 0.1) is 6.61 Å². The molecule has 1 amide bonds. The number of amides is 1. The fourth-order valence-corrected chi connectivity index (χ4v) is 1.36. The van der Waals surface area contributed by atoms with Crippen LogP contribution in [0.4, 0.5) is 0 Å². The van der Waals surface area contributed by atoms with Crippen LogP contribution in [-0.4, -0.2) is 32.8 Å². The van der Waals surface area contributed by atoms with E-state index < -0.39 is 0 Å². The molecule has 0 fully saturated rings. The number of benzene rings is 1. The van der Waals surface area contributed by atoms with Crippen molar-refractivity contribution in [3.05, 3.63) is 29.8 Å². The van der Waals surface area contributed by atoms with E-state index in [-0.39, 0.29) is 18.6 Å². The van der Waals surface area contributed by atoms with Gasteiger partial charge in [0.2, 0.25) is 0 Å². The Morgan fingerprint density at radius 3 is 2.61 bits per heavy atom. The molecule has 1 rings (SSSR count). The number of ether oxygens (including phenoxy) is 2. The summed E-state index contributed by atoms with van der Waals surface area (Å²) in [5, 5.41) is 2.67. The maximum absolute atomic E-state index is 11.4. The molecule has 100 valence electrons. The van der Waals surface area contributed by atoms with Crippen LogP contribution in [0, 0.1) is 0 Å². The second kappa shape index (κ2) is 7.68. The average Bonchev–Trinajstić information content (AvgIpc) is 2.37. The van der Waals surface area contributed by atoms with Crippen molar-refractivity contribution in [1.29, 1.82) is 0 Å². The number of carbonyl (C=O) groups excluding carboxylic acids is 1. The third kappa shape index (κ3) is 5.16. The van der Waals surface area contributed by atoms with E-state index in [4.69, 9.17) is 15.2 Å². The summed E-state index contributed by atoms with van der Waals surface area (Å²) < 4.78 is 10.2. The molecular weight excluding hydrogens is 232 g/mol. The summed E-state index contributed by atoms with van der Waals surface area (Å²) in [4.78, 5) is 11.4. The van der Waals surface area contributed by atoms with Crippen LogP contribution in [-0.2, 0) is 9.53 Å². The minimum absolute atomic E-state index is 0.00123. The minimum Gasteiger partial charge on any atom is -0.484 e. The lowest BCUT2D eigenvalue weighted by atomic mass is 10.1. The molecule has 5 nitrogen and oxygen atoms in total. The van der Waals surface area contributed by atoms with Crippen LogP contribution in [0.3, 0.4) is 0 Å². The first-order chi connectivity index (χ1) is 8.63. The fourth-order valence-electron chi connectivity index (χ4n) is 1.36. The molecule has 0 aliphatic carbocycles. The lowest BCUT2D eigenvalue weighted by Gasteiger charge is -2.09. The van der Waals surface area contributed by atoms with Gasteiger partial charge in [0.1, 0.15) is 5.75 Å². The third-order valence-corrected chi connectivity index (χ3v) is 2.40. The molecule has 18 heavy (non-hydrogen) atoms. The van der Waals surface area contributed by atoms with E-state index in [0.29, 0.717) is 18.9 Å². The van der Waals surface area contributed by atoms with Gasteiger partial charge in [0.25, 0.3) is 5.91 Å². The predicted octanol–water partition coefficient (Wildman–Crippen LogP) is 0.848. The van der Waals surface area contributed by atoms with Gasteiger partial charge in [-0.1, -0.05) is 12.1 Å². The molecule has 0 heterocycles. The summed E-state index contributed by atoms with van der Waals surface area (Å²) in [5.74, 6) is 0.490. The molecule has 5 heteroatoms. The Bertz CT molecular complexity index is 363. The lowest BCUT2D eigenvalue weighted by Crippen LogP contribution is -2.31. The third-order valence-electron chi connectivity index (χ3n) is 2.40. The van der Waals surface area contributed by atoms with Crippen molar-refractivity contribution in [2.24, 2.45) is 5.73 Å². The highest BCUT2D eigenvalue weighted by Crippen LogP contribution is 2.15. The lowest BCUT2D eigenvalue weighted by molar-refractivity contribution is -0.123. The van der Waals surface area contributed by atoms with E-state index in [1.165, 1.54) is 0 Å². The monoisotopic (exact) mass is 252 g/mol. The van der Waals surface area contributed by atoms with Crippen molar-refractivity contribution < 1.29 is 14.3 Å². The second-order valence-electron chi connectivity index (χ2n) is 3.99. The molecule has 1 aromatic rings. The summed E-state index contributed by atoms with van der Waals surface area (Å²) in [5.41, 5.74) is 6.77. The molecule has 0 spiro atoms. The van der Waals surface area contributed by atoms with Gasteiger partial charge < -0.3 is 20.5 Å². The Morgan fingerprint density at radius 2 is 2.06 bits per heavy atom. The zero-order chi connectivity index (χ0) is 13.4. The standard InChI is InChI=1S/C13H20N2O3/c1-10(14)11-3-5-12(6-4-11)18-9-13(16)15-7-8-17-2/h3-6,10H,7-9,14H2,1-2H3,(H,15,16)/t10-/m1/s1. The number of carbonyl (C=O) groups is 1. The molecule has 0 aromatic heterocycles. The highest BCUT2D eigenvalue weighted by atomic mass is 16.5. The van der Waals surface area contributed by atoms with Gasteiger partial charge in [0.15, 0.2) is 6.61 Å². The first-order valence-electron chi connectivity index (χ1n) is 5.87. The van der Waals surface area contributed by atoms with Crippen LogP contribution in [0.1, 0.15) is 18.5 Å². The van der Waals surface area contributed by atoms with Crippen molar-refractivity contribution in [2.75, 3.05) is 26.9 Å². The zero-order valence-electron chi connectivity index (χ0n) is 10.8. The molecule has 0 bridgehead atoms. The first-order valence-corrected chi connectivity index (χ1v) is 5.87. The predicted molar refractivity (Wildman–Crippen MR) is 69.4 cm³/mol. The molecule has 0 radical (unpaired) electrons. The van der Waals surface area contributed by atoms with E-state index in [1.54, 1.807) is 19.2 Å². The second-order valence-corrected chi connectivity index (χ2v) is 3.99. The topological polar surface area (TPSA) is 73.6 Å². The van der Waals surface area contributed by atoms with Gasteiger partial charge in [-0.15, -0.1) is 0 Å². The molecule has 1 aromatic carbocycles. The highest BCUT2D eigenvalue weighted by molar-refractivity contribution is 5.77. The number of nitrogens with one attached hydrogen (secondary N) is 1. The Balaban J connectivity index is 2.32. The Labute approximate surface area is 107 Å². The largest absolute Gasteiger partial charge is 0.484 e. The molecule has 3 N–H and O–H groups in total. The Kier molecular flexibility index (Phi) is 6.18. The van der Waals surface area contributed by atoms with Gasteiger partial charge in [-0.2, -0.15) is 0 Å². The smallest absolute Gasteiger partial charge is 0.258 e. The minimum atomic E-state index is -0.164. The van der Waals surface area contributed by atoms with Crippen molar-refractivity contribution in [3.8, 4) is 5.75 Å². The molecule has 1 atom stereocenters. The van der Waals surface area contributed by atoms with Crippen molar-refractivity contribution in [3.63, 3.8) is 0 Å². The summed E-state index contributed by atoms with van der Waals surface area (Å²) in [6, 6.07) is 7.39. The number of nitrogens with two attached hydrogens (primary N) is 1. The average molecular weight is 252 g/mol. The summed E-state index contributed by atoms with van der Waals surface area (Å²) in [7, 11) is 1.59. The van der Waals surface area contributed by atoms with Crippen LogP contribution in [0.5, 0.6) is 5.75 Å². The van der Waals surface area contributed by atoms with Gasteiger partial charge in [-0.25, -0.2) is 0 Å². The first kappa shape index (κ1) is 14.5. The van der Waals surface area contributed by atoms with E-state index in [9.17, 15) is 4.79 Å². The number of hydrogen-bond donors (Lipinski definition) is 2. The molecule has 0 unspecified atom stereocenters. The summed E-state index contributed by atoms with van der Waals surface area (Å²) >= 11 is 0. The summed E-state index contributed by atoms with van der Waals surface area (Å²) in [6.07, 6.45) is 0. The van der Waals surface area contributed by atoms with Crippen molar-refractivity contribution in [2.45, 2.75) is 13.0 Å². The Hall–Kier alpha value is -1.59. The molecule has 0 saturated heterocycles. The van der Waals surface area contributed by atoms with Crippen LogP contribution < -0.4 is 15.8 Å². The molecular formula is C13H20N2O3. The number of methoxy groups -OCH3 is 1. The van der Waals surface area contributed by atoms with Gasteiger partial charge in [-0.3, -0.25) is 4.79 Å². The van der Waals surface area contributed by atoms with Crippen molar-refractivity contribution in [1.82, 2.24) is 5.32 Å². The normalized spacial score (nSPS) is 11.9. The van der Waals surface area contributed by atoms with Crippen LogP contribution in [0.15, 0.2) is 24.3 Å². The van der Waals surface area contributed by atoms with Crippen molar-refractivity contribution >= 4 is 5.91 Å². The van der Waals surface area contributed by atoms with Crippen LogP contribution in [0.25, 0.3) is 0 Å². The van der Waals surface area contributed by atoms with E-state index in [1.807, 2.05) is 19.1 Å². The van der Waals surface area contributed by atoms with E-state index >= 15 is 0 Å². The van der Waals surface area contributed by atoms with Gasteiger partial charge in [0, 0.05) is 19.7 Å². The SMILES string of the molecule is COCCNC(=O)COc1ccc([C@@H](C)N)cc1. The van der Waals surface area contributed by atoms with E-state index in [2.05, 4.69) is 5.32 Å². The quantitative estimate of drug-likeness (QED) is 0.705. The maximum atomic E-state index is 11.4. The number of rotatable bonds is 7. The fraction of sp³-hybridized carbons (Fsp3) is 0.462. The number of hydrogen-bond acceptors (Lipinski definition) is 4. The van der Waals surface area contributed by atoms with Crippen LogP contribution in [0.2, 0.25) is 0 Å². The maximum Gasteiger partial charge on any atom is 0.258 e. The Morgan fingerprint density at radius 1 is 1.39 bits per heavy atom. The van der Waals surface area contributed by atoms with Gasteiger partial charge >= 0.3 is 0 Å². The van der Waals surface area contributed by atoms with E-state index in [0.717, 1.165) is 5.56 Å². The highest BCUT2D eigenvalue weighted by Gasteiger charge is 2.03. The van der Waals surface area contributed by atoms with Crippen LogP contribution >= 0.6 is 0 Å². The van der Waals surface area contributed by atoms with Gasteiger partial charge in [-0.05, 0) is 24.6 Å².